The molecular weight excluding hydrogens is 262 g/mol. The van der Waals surface area contributed by atoms with E-state index in [1.54, 1.807) is 0 Å². The number of carbonyl (C=O) groups excluding carboxylic acids is 1. The van der Waals surface area contributed by atoms with Crippen molar-refractivity contribution in [3.05, 3.63) is 27.9 Å². The molecule has 1 aliphatic rings. The fourth-order valence-electron chi connectivity index (χ4n) is 2.20. The van der Waals surface area contributed by atoms with Gasteiger partial charge in [-0.25, -0.2) is 9.78 Å². The zero-order valence-corrected chi connectivity index (χ0v) is 11.5. The monoisotopic (exact) mass is 279 g/mol. The number of nitrogens with zero attached hydrogens (tertiary/aromatic N) is 2. The molecule has 2 rings (SSSR count). The summed E-state index contributed by atoms with van der Waals surface area (Å²) in [6.45, 7) is 2.73. The first-order chi connectivity index (χ1) is 9.45. The largest absolute Gasteiger partial charge is 0.464 e. The predicted molar refractivity (Wildman–Crippen MR) is 72.7 cm³/mol. The van der Waals surface area contributed by atoms with Crippen LogP contribution in [0.4, 0.5) is 11.5 Å². The Morgan fingerprint density at radius 1 is 1.55 bits per heavy atom. The fraction of sp³-hybridized carbons (Fsp3) is 0.538. The molecule has 0 saturated heterocycles. The van der Waals surface area contributed by atoms with Gasteiger partial charge in [0.15, 0.2) is 5.69 Å². The van der Waals surface area contributed by atoms with Crippen molar-refractivity contribution < 1.29 is 14.5 Å². The van der Waals surface area contributed by atoms with Crippen LogP contribution in [0.2, 0.25) is 0 Å². The Labute approximate surface area is 116 Å². The zero-order chi connectivity index (χ0) is 14.8. The number of hydrogen-bond acceptors (Lipinski definition) is 6. The average molecular weight is 279 g/mol. The van der Waals surface area contributed by atoms with Gasteiger partial charge < -0.3 is 10.1 Å². The summed E-state index contributed by atoms with van der Waals surface area (Å²) in [5.41, 5.74) is 0.0662. The van der Waals surface area contributed by atoms with E-state index >= 15 is 0 Å². The molecule has 0 amide bonds. The van der Waals surface area contributed by atoms with E-state index < -0.39 is 10.9 Å². The minimum atomic E-state index is -0.613. The summed E-state index contributed by atoms with van der Waals surface area (Å²) in [7, 11) is 1.24. The van der Waals surface area contributed by atoms with Gasteiger partial charge in [-0.1, -0.05) is 13.3 Å². The maximum absolute atomic E-state index is 11.4. The number of aromatic nitrogens is 1. The van der Waals surface area contributed by atoms with E-state index in [0.29, 0.717) is 6.54 Å². The molecule has 1 aromatic rings. The Bertz CT molecular complexity index is 540. The number of nitrogens with one attached hydrogen (secondary N) is 1. The number of hydrogen-bond donors (Lipinski definition) is 1. The first-order valence-corrected chi connectivity index (χ1v) is 6.43. The molecule has 0 aliphatic heterocycles. The zero-order valence-electron chi connectivity index (χ0n) is 11.5. The van der Waals surface area contributed by atoms with Crippen LogP contribution in [0.3, 0.4) is 0 Å². The smallest absolute Gasteiger partial charge is 0.356 e. The Balaban J connectivity index is 2.22. The molecule has 0 aromatic carbocycles. The number of ether oxygens (including phenoxy) is 1. The van der Waals surface area contributed by atoms with Gasteiger partial charge in [0.25, 0.3) is 0 Å². The first-order valence-electron chi connectivity index (χ1n) is 6.43. The molecular formula is C13H17N3O4. The molecule has 20 heavy (non-hydrogen) atoms. The average Bonchev–Trinajstić information content (AvgIpc) is 2.41. The van der Waals surface area contributed by atoms with Crippen LogP contribution in [0.25, 0.3) is 0 Å². The number of methoxy groups -OCH3 is 1. The van der Waals surface area contributed by atoms with E-state index in [-0.39, 0.29) is 22.6 Å². The first kappa shape index (κ1) is 14.2. The fourth-order valence-corrected chi connectivity index (χ4v) is 2.20. The molecule has 7 nitrogen and oxygen atoms in total. The lowest BCUT2D eigenvalue weighted by atomic mass is 9.70. The molecule has 1 fully saturated rings. The van der Waals surface area contributed by atoms with E-state index in [1.807, 2.05) is 0 Å². The van der Waals surface area contributed by atoms with Gasteiger partial charge >= 0.3 is 11.7 Å². The van der Waals surface area contributed by atoms with E-state index in [2.05, 4.69) is 22.0 Å². The lowest BCUT2D eigenvalue weighted by Crippen LogP contribution is -2.33. The predicted octanol–water partition coefficient (Wildman–Crippen LogP) is 2.38. The highest BCUT2D eigenvalue weighted by atomic mass is 16.6. The molecule has 7 heteroatoms. The van der Waals surface area contributed by atoms with Gasteiger partial charge in [0.1, 0.15) is 0 Å². The summed E-state index contributed by atoms with van der Waals surface area (Å²) in [4.78, 5) is 25.9. The maximum Gasteiger partial charge on any atom is 0.356 e. The summed E-state index contributed by atoms with van der Waals surface area (Å²) < 4.78 is 4.57. The lowest BCUT2D eigenvalue weighted by molar-refractivity contribution is -0.384. The Morgan fingerprint density at radius 3 is 2.75 bits per heavy atom. The summed E-state index contributed by atoms with van der Waals surface area (Å²) in [5.74, 6) is -0.496. The molecule has 1 N–H and O–H groups in total. The van der Waals surface area contributed by atoms with Crippen molar-refractivity contribution in [3.63, 3.8) is 0 Å². The number of rotatable bonds is 5. The molecule has 0 spiro atoms. The highest BCUT2D eigenvalue weighted by Crippen LogP contribution is 2.40. The second-order valence-electron chi connectivity index (χ2n) is 5.33. The number of pyridine rings is 1. The summed E-state index contributed by atoms with van der Waals surface area (Å²) in [6.07, 6.45) is 3.35. The number of esters is 1. The van der Waals surface area contributed by atoms with Gasteiger partial charge in [0.05, 0.1) is 12.0 Å². The van der Waals surface area contributed by atoms with E-state index in [4.69, 9.17) is 0 Å². The Hall–Kier alpha value is -2.18. The number of anilines is 1. The summed E-state index contributed by atoms with van der Waals surface area (Å²) in [5, 5.41) is 14.0. The maximum atomic E-state index is 11.4. The van der Waals surface area contributed by atoms with Crippen molar-refractivity contribution >= 4 is 17.5 Å². The van der Waals surface area contributed by atoms with E-state index in [9.17, 15) is 14.9 Å². The van der Waals surface area contributed by atoms with Crippen LogP contribution in [0.15, 0.2) is 12.1 Å². The summed E-state index contributed by atoms with van der Waals surface area (Å²) in [6, 6.07) is 2.56. The van der Waals surface area contributed by atoms with Crippen LogP contribution in [0.5, 0.6) is 0 Å². The molecule has 0 bridgehead atoms. The van der Waals surface area contributed by atoms with Crippen molar-refractivity contribution in [3.8, 4) is 0 Å². The van der Waals surface area contributed by atoms with Gasteiger partial charge in [0.2, 0.25) is 5.82 Å². The van der Waals surface area contributed by atoms with Crippen LogP contribution in [0.1, 0.15) is 36.7 Å². The van der Waals surface area contributed by atoms with Crippen LogP contribution in [-0.2, 0) is 4.74 Å². The highest BCUT2D eigenvalue weighted by Gasteiger charge is 2.32. The SMILES string of the molecule is COC(=O)c1ccc([N+](=O)[O-])c(NCC2(C)CCC2)n1. The molecule has 1 heterocycles. The van der Waals surface area contributed by atoms with Gasteiger partial charge in [-0.2, -0.15) is 0 Å². The van der Waals surface area contributed by atoms with Crippen molar-refractivity contribution in [2.45, 2.75) is 26.2 Å². The third kappa shape index (κ3) is 2.87. The standard InChI is InChI=1S/C13H17N3O4/c1-13(6-3-7-13)8-14-11-10(16(18)19)5-4-9(15-11)12(17)20-2/h4-5H,3,6-8H2,1-2H3,(H,14,15). The Kier molecular flexibility index (Phi) is 3.87. The minimum absolute atomic E-state index is 0.0550. The van der Waals surface area contributed by atoms with Crippen LogP contribution >= 0.6 is 0 Å². The van der Waals surface area contributed by atoms with Crippen LogP contribution in [0, 0.1) is 15.5 Å². The third-order valence-corrected chi connectivity index (χ3v) is 3.71. The van der Waals surface area contributed by atoms with Crippen LogP contribution in [-0.4, -0.2) is 29.5 Å². The van der Waals surface area contributed by atoms with Crippen molar-refractivity contribution in [1.82, 2.24) is 4.98 Å². The molecule has 0 atom stereocenters. The van der Waals surface area contributed by atoms with Crippen molar-refractivity contribution in [1.29, 1.82) is 0 Å². The van der Waals surface area contributed by atoms with E-state index in [0.717, 1.165) is 12.8 Å². The van der Waals surface area contributed by atoms with Crippen molar-refractivity contribution in [2.75, 3.05) is 19.0 Å². The normalized spacial score (nSPS) is 16.1. The van der Waals surface area contributed by atoms with Gasteiger partial charge in [-0.15, -0.1) is 0 Å². The topological polar surface area (TPSA) is 94.4 Å². The van der Waals surface area contributed by atoms with Gasteiger partial charge in [-0.05, 0) is 24.3 Å². The third-order valence-electron chi connectivity index (χ3n) is 3.71. The van der Waals surface area contributed by atoms with Gasteiger partial charge in [0, 0.05) is 12.6 Å². The quantitative estimate of drug-likeness (QED) is 0.505. The molecule has 0 unspecified atom stereocenters. The number of nitro groups is 1. The lowest BCUT2D eigenvalue weighted by Gasteiger charge is -2.38. The minimum Gasteiger partial charge on any atom is -0.464 e. The number of carbonyl (C=O) groups is 1. The van der Waals surface area contributed by atoms with Crippen molar-refractivity contribution in [2.24, 2.45) is 5.41 Å². The van der Waals surface area contributed by atoms with Crippen LogP contribution < -0.4 is 5.32 Å². The molecule has 108 valence electrons. The molecule has 0 radical (unpaired) electrons. The highest BCUT2D eigenvalue weighted by molar-refractivity contribution is 5.88. The van der Waals surface area contributed by atoms with E-state index in [1.165, 1.54) is 25.7 Å². The molecule has 1 aromatic heterocycles. The second-order valence-corrected chi connectivity index (χ2v) is 5.33. The molecule has 1 aliphatic carbocycles. The van der Waals surface area contributed by atoms with Gasteiger partial charge in [-0.3, -0.25) is 10.1 Å². The Morgan fingerprint density at radius 2 is 2.25 bits per heavy atom. The summed E-state index contributed by atoms with van der Waals surface area (Å²) >= 11 is 0. The molecule has 1 saturated carbocycles. The second kappa shape index (κ2) is 5.44.